The number of aliphatic carboxylic acids is 1. The molecule has 21 heavy (non-hydrogen) atoms. The molecule has 0 heterocycles. The molecule has 122 valence electrons. The van der Waals surface area contributed by atoms with Crippen LogP contribution in [0.4, 0.5) is 0 Å². The van der Waals surface area contributed by atoms with Gasteiger partial charge in [-0.15, -0.1) is 0 Å². The Labute approximate surface area is 125 Å². The first-order chi connectivity index (χ1) is 9.83. The van der Waals surface area contributed by atoms with Crippen molar-refractivity contribution in [3.8, 4) is 0 Å². The Morgan fingerprint density at radius 3 is 2.38 bits per heavy atom. The minimum absolute atomic E-state index is 0.116. The predicted octanol–water partition coefficient (Wildman–Crippen LogP) is -1.25. The number of carbonyl (C=O) groups is 3. The van der Waals surface area contributed by atoms with Crippen molar-refractivity contribution in [1.29, 1.82) is 0 Å². The number of amides is 2. The standard InChI is InChI=1S/C13H26N4O4/c1-4-17(12(19)9(2)14)8-7-16-11(18)6-5-10(15-3)13(20)21/h9-10,15H,4-8,14H2,1-3H3,(H,16,18)(H,20,21). The van der Waals surface area contributed by atoms with Gasteiger partial charge in [-0.1, -0.05) is 0 Å². The van der Waals surface area contributed by atoms with E-state index < -0.39 is 18.1 Å². The van der Waals surface area contributed by atoms with E-state index in [-0.39, 0.29) is 24.7 Å². The molecule has 0 aromatic carbocycles. The zero-order valence-electron chi connectivity index (χ0n) is 12.9. The molecule has 0 aromatic rings. The Morgan fingerprint density at radius 2 is 1.95 bits per heavy atom. The molecule has 8 nitrogen and oxygen atoms in total. The van der Waals surface area contributed by atoms with Crippen molar-refractivity contribution in [3.05, 3.63) is 0 Å². The van der Waals surface area contributed by atoms with Gasteiger partial charge in [-0.3, -0.25) is 14.4 Å². The number of hydrogen-bond acceptors (Lipinski definition) is 5. The average molecular weight is 302 g/mol. The number of nitrogens with one attached hydrogen (secondary N) is 2. The Balaban J connectivity index is 4.03. The molecular formula is C13H26N4O4. The topological polar surface area (TPSA) is 125 Å². The van der Waals surface area contributed by atoms with E-state index in [1.807, 2.05) is 6.92 Å². The summed E-state index contributed by atoms with van der Waals surface area (Å²) in [6.45, 7) is 4.69. The fourth-order valence-electron chi connectivity index (χ4n) is 1.80. The number of carboxylic acid groups (broad SMARTS) is 1. The van der Waals surface area contributed by atoms with Crippen LogP contribution in [0.25, 0.3) is 0 Å². The third kappa shape index (κ3) is 7.62. The molecule has 0 rings (SSSR count). The lowest BCUT2D eigenvalue weighted by Crippen LogP contribution is -2.45. The number of nitrogens with zero attached hydrogens (tertiary/aromatic N) is 1. The molecule has 0 aromatic heterocycles. The summed E-state index contributed by atoms with van der Waals surface area (Å²) >= 11 is 0. The quantitative estimate of drug-likeness (QED) is 0.400. The van der Waals surface area contributed by atoms with Crippen LogP contribution in [-0.4, -0.2) is 66.6 Å². The molecule has 0 bridgehead atoms. The van der Waals surface area contributed by atoms with Crippen molar-refractivity contribution in [3.63, 3.8) is 0 Å². The van der Waals surface area contributed by atoms with Gasteiger partial charge in [-0.2, -0.15) is 0 Å². The molecule has 8 heteroatoms. The van der Waals surface area contributed by atoms with Crippen LogP contribution in [0, 0.1) is 0 Å². The van der Waals surface area contributed by atoms with Gasteiger partial charge in [0.2, 0.25) is 11.8 Å². The largest absolute Gasteiger partial charge is 0.480 e. The molecule has 2 atom stereocenters. The fourth-order valence-corrected chi connectivity index (χ4v) is 1.80. The molecule has 0 aliphatic heterocycles. The minimum atomic E-state index is -0.981. The van der Waals surface area contributed by atoms with Crippen LogP contribution < -0.4 is 16.4 Å². The minimum Gasteiger partial charge on any atom is -0.480 e. The van der Waals surface area contributed by atoms with Gasteiger partial charge in [0.15, 0.2) is 0 Å². The maximum atomic E-state index is 11.7. The lowest BCUT2D eigenvalue weighted by molar-refractivity contribution is -0.139. The van der Waals surface area contributed by atoms with Crippen LogP contribution in [-0.2, 0) is 14.4 Å². The van der Waals surface area contributed by atoms with E-state index in [9.17, 15) is 14.4 Å². The van der Waals surface area contributed by atoms with E-state index >= 15 is 0 Å². The Morgan fingerprint density at radius 1 is 1.33 bits per heavy atom. The highest BCUT2D eigenvalue weighted by Gasteiger charge is 2.17. The molecule has 0 saturated carbocycles. The van der Waals surface area contributed by atoms with Crippen molar-refractivity contribution < 1.29 is 19.5 Å². The van der Waals surface area contributed by atoms with Gasteiger partial charge in [-0.05, 0) is 27.3 Å². The predicted molar refractivity (Wildman–Crippen MR) is 78.6 cm³/mol. The summed E-state index contributed by atoms with van der Waals surface area (Å²) in [7, 11) is 1.54. The second-order valence-corrected chi connectivity index (χ2v) is 4.77. The van der Waals surface area contributed by atoms with Crippen LogP contribution in [0.15, 0.2) is 0 Å². The third-order valence-electron chi connectivity index (χ3n) is 3.09. The van der Waals surface area contributed by atoms with Gasteiger partial charge in [-0.25, -0.2) is 0 Å². The summed E-state index contributed by atoms with van der Waals surface area (Å²) in [5.41, 5.74) is 5.53. The fraction of sp³-hybridized carbons (Fsp3) is 0.769. The molecule has 0 saturated heterocycles. The molecule has 0 spiro atoms. The number of carboxylic acids is 1. The maximum Gasteiger partial charge on any atom is 0.320 e. The summed E-state index contributed by atoms with van der Waals surface area (Å²) in [6, 6.07) is -1.30. The van der Waals surface area contributed by atoms with Gasteiger partial charge in [0, 0.05) is 26.1 Å². The van der Waals surface area contributed by atoms with E-state index in [1.165, 1.54) is 7.05 Å². The van der Waals surface area contributed by atoms with Crippen molar-refractivity contribution in [2.24, 2.45) is 5.73 Å². The molecular weight excluding hydrogens is 276 g/mol. The second-order valence-electron chi connectivity index (χ2n) is 4.77. The van der Waals surface area contributed by atoms with Crippen LogP contribution in [0.3, 0.4) is 0 Å². The zero-order chi connectivity index (χ0) is 16.4. The number of likely N-dealkylation sites (N-methyl/N-ethyl adjacent to an activating group) is 2. The third-order valence-corrected chi connectivity index (χ3v) is 3.09. The lowest BCUT2D eigenvalue weighted by Gasteiger charge is -2.22. The molecule has 2 unspecified atom stereocenters. The maximum absolute atomic E-state index is 11.7. The van der Waals surface area contributed by atoms with Crippen molar-refractivity contribution in [2.75, 3.05) is 26.7 Å². The van der Waals surface area contributed by atoms with Gasteiger partial charge < -0.3 is 26.4 Å². The highest BCUT2D eigenvalue weighted by Crippen LogP contribution is 1.97. The number of carbonyl (C=O) groups excluding carboxylic acids is 2. The highest BCUT2D eigenvalue weighted by molar-refractivity contribution is 5.81. The Hall–Kier alpha value is -1.67. The summed E-state index contributed by atoms with van der Waals surface area (Å²) in [4.78, 5) is 35.6. The molecule has 0 radical (unpaired) electrons. The summed E-state index contributed by atoms with van der Waals surface area (Å²) in [5.74, 6) is -1.38. The molecule has 2 amide bonds. The number of hydrogen-bond donors (Lipinski definition) is 4. The van der Waals surface area contributed by atoms with E-state index in [2.05, 4.69) is 10.6 Å². The Bertz CT molecular complexity index is 360. The van der Waals surface area contributed by atoms with Crippen LogP contribution in [0.2, 0.25) is 0 Å². The normalized spacial score (nSPS) is 13.3. The van der Waals surface area contributed by atoms with Gasteiger partial charge in [0.05, 0.1) is 6.04 Å². The van der Waals surface area contributed by atoms with E-state index in [1.54, 1.807) is 11.8 Å². The summed E-state index contributed by atoms with van der Waals surface area (Å²) < 4.78 is 0. The first-order valence-corrected chi connectivity index (χ1v) is 7.04. The molecule has 0 aliphatic rings. The summed E-state index contributed by atoms with van der Waals surface area (Å²) in [6.07, 6.45) is 0.332. The van der Waals surface area contributed by atoms with Crippen molar-refractivity contribution in [1.82, 2.24) is 15.5 Å². The van der Waals surface area contributed by atoms with Gasteiger partial charge in [0.1, 0.15) is 6.04 Å². The van der Waals surface area contributed by atoms with Crippen LogP contribution in [0.5, 0.6) is 0 Å². The first kappa shape index (κ1) is 19.3. The lowest BCUT2D eigenvalue weighted by atomic mass is 10.1. The first-order valence-electron chi connectivity index (χ1n) is 7.04. The van der Waals surface area contributed by atoms with Crippen LogP contribution in [0.1, 0.15) is 26.7 Å². The monoisotopic (exact) mass is 302 g/mol. The number of rotatable bonds is 10. The average Bonchev–Trinajstić information content (AvgIpc) is 2.43. The van der Waals surface area contributed by atoms with Gasteiger partial charge >= 0.3 is 5.97 Å². The smallest absolute Gasteiger partial charge is 0.320 e. The van der Waals surface area contributed by atoms with E-state index in [4.69, 9.17) is 10.8 Å². The van der Waals surface area contributed by atoms with Crippen LogP contribution >= 0.6 is 0 Å². The molecule has 0 aliphatic carbocycles. The van der Waals surface area contributed by atoms with E-state index in [0.717, 1.165) is 0 Å². The Kier molecular flexibility index (Phi) is 9.31. The summed E-state index contributed by atoms with van der Waals surface area (Å²) in [5, 5.41) is 14.1. The van der Waals surface area contributed by atoms with Crippen molar-refractivity contribution >= 4 is 17.8 Å². The number of nitrogens with two attached hydrogens (primary N) is 1. The SMILES string of the molecule is CCN(CCNC(=O)CCC(NC)C(=O)O)C(=O)C(C)N. The molecule has 0 fully saturated rings. The van der Waals surface area contributed by atoms with Crippen molar-refractivity contribution in [2.45, 2.75) is 38.8 Å². The van der Waals surface area contributed by atoms with Gasteiger partial charge in [0.25, 0.3) is 0 Å². The second kappa shape index (κ2) is 10.1. The zero-order valence-corrected chi connectivity index (χ0v) is 12.9. The molecule has 5 N–H and O–H groups in total. The van der Waals surface area contributed by atoms with E-state index in [0.29, 0.717) is 19.6 Å². The highest BCUT2D eigenvalue weighted by atomic mass is 16.4.